The van der Waals surface area contributed by atoms with Crippen molar-refractivity contribution in [1.29, 1.82) is 0 Å². The van der Waals surface area contributed by atoms with Crippen LogP contribution < -0.4 is 4.72 Å². The van der Waals surface area contributed by atoms with E-state index in [0.29, 0.717) is 15.8 Å². The smallest absolute Gasteiger partial charge is 0.263 e. The van der Waals surface area contributed by atoms with Crippen molar-refractivity contribution >= 4 is 54.1 Å². The van der Waals surface area contributed by atoms with Gasteiger partial charge in [0.25, 0.3) is 10.0 Å². The van der Waals surface area contributed by atoms with Gasteiger partial charge in [-0.05, 0) is 40.2 Å². The van der Waals surface area contributed by atoms with Crippen LogP contribution >= 0.6 is 27.5 Å². The fourth-order valence-electron chi connectivity index (χ4n) is 1.96. The fraction of sp³-hybridized carbons (Fsp3) is 0. The number of para-hydroxylation sites is 1. The molecule has 3 aromatic rings. The molecule has 0 aliphatic heterocycles. The molecule has 0 saturated heterocycles. The largest absolute Gasteiger partial charge is 0.277 e. The summed E-state index contributed by atoms with van der Waals surface area (Å²) in [5, 5.41) is 7.75. The lowest BCUT2D eigenvalue weighted by atomic mass is 10.2. The van der Waals surface area contributed by atoms with Crippen molar-refractivity contribution in [3.63, 3.8) is 0 Å². The number of anilines is 1. The molecule has 0 fully saturated rings. The molecular formula is C13H9BrClN3O2S. The number of nitrogens with zero attached hydrogens (tertiary/aromatic N) is 1. The van der Waals surface area contributed by atoms with Crippen molar-refractivity contribution in [3.05, 3.63) is 52.1 Å². The third-order valence-electron chi connectivity index (χ3n) is 2.92. The van der Waals surface area contributed by atoms with Gasteiger partial charge in [0, 0.05) is 5.39 Å². The maximum absolute atomic E-state index is 12.4. The van der Waals surface area contributed by atoms with Gasteiger partial charge in [-0.2, -0.15) is 5.10 Å². The van der Waals surface area contributed by atoms with Crippen LogP contribution in [0, 0.1) is 0 Å². The van der Waals surface area contributed by atoms with Crippen LogP contribution in [0.3, 0.4) is 0 Å². The van der Waals surface area contributed by atoms with Crippen LogP contribution in [0.25, 0.3) is 10.9 Å². The number of aromatic amines is 1. The predicted octanol–water partition coefficient (Wildman–Crippen LogP) is 3.78. The highest BCUT2D eigenvalue weighted by Gasteiger charge is 2.19. The van der Waals surface area contributed by atoms with E-state index in [0.717, 1.165) is 5.39 Å². The zero-order chi connectivity index (χ0) is 15.0. The molecule has 0 spiro atoms. The maximum atomic E-state index is 12.4. The predicted molar refractivity (Wildman–Crippen MR) is 86.1 cm³/mol. The van der Waals surface area contributed by atoms with Gasteiger partial charge in [-0.3, -0.25) is 9.82 Å². The molecule has 0 atom stereocenters. The number of aromatic nitrogens is 2. The number of sulfonamides is 1. The Morgan fingerprint density at radius 3 is 2.67 bits per heavy atom. The number of hydrogen-bond donors (Lipinski definition) is 2. The molecule has 0 aliphatic rings. The van der Waals surface area contributed by atoms with Crippen molar-refractivity contribution in [2.45, 2.75) is 4.90 Å². The molecule has 1 heterocycles. The molecule has 2 N–H and O–H groups in total. The summed E-state index contributed by atoms with van der Waals surface area (Å²) < 4.78 is 28.0. The van der Waals surface area contributed by atoms with Gasteiger partial charge >= 0.3 is 0 Å². The SMILES string of the molecule is O=S(=O)(Nc1cccc2c(Br)n[nH]c12)c1ccccc1Cl. The van der Waals surface area contributed by atoms with Crippen LogP contribution in [0.1, 0.15) is 0 Å². The second-order valence-electron chi connectivity index (χ2n) is 4.28. The number of H-pyrrole nitrogens is 1. The molecular weight excluding hydrogens is 378 g/mol. The van der Waals surface area contributed by atoms with E-state index in [4.69, 9.17) is 11.6 Å². The fourth-order valence-corrected chi connectivity index (χ4v) is 3.97. The van der Waals surface area contributed by atoms with Gasteiger partial charge < -0.3 is 0 Å². The number of halogens is 2. The third kappa shape index (κ3) is 2.64. The summed E-state index contributed by atoms with van der Waals surface area (Å²) in [6, 6.07) is 11.5. The highest BCUT2D eigenvalue weighted by atomic mass is 79.9. The first-order valence-corrected chi connectivity index (χ1v) is 8.54. The number of fused-ring (bicyclic) bond motifs is 1. The lowest BCUT2D eigenvalue weighted by Crippen LogP contribution is -2.13. The average Bonchev–Trinajstić information content (AvgIpc) is 2.82. The van der Waals surface area contributed by atoms with E-state index in [9.17, 15) is 8.42 Å². The minimum Gasteiger partial charge on any atom is -0.277 e. The molecule has 0 unspecified atom stereocenters. The first-order chi connectivity index (χ1) is 9.99. The first kappa shape index (κ1) is 14.4. The summed E-state index contributed by atoms with van der Waals surface area (Å²) in [7, 11) is -3.77. The van der Waals surface area contributed by atoms with E-state index >= 15 is 0 Å². The highest BCUT2D eigenvalue weighted by Crippen LogP contribution is 2.29. The Hall–Kier alpha value is -1.57. The van der Waals surface area contributed by atoms with Gasteiger partial charge in [-0.1, -0.05) is 29.8 Å². The molecule has 3 rings (SSSR count). The monoisotopic (exact) mass is 385 g/mol. The molecule has 0 saturated carbocycles. The van der Waals surface area contributed by atoms with E-state index in [1.165, 1.54) is 12.1 Å². The highest BCUT2D eigenvalue weighted by molar-refractivity contribution is 9.10. The van der Waals surface area contributed by atoms with E-state index in [1.807, 2.05) is 6.07 Å². The summed E-state index contributed by atoms with van der Waals surface area (Å²) in [5.41, 5.74) is 1.01. The number of benzene rings is 2. The molecule has 5 nitrogen and oxygen atoms in total. The average molecular weight is 387 g/mol. The summed E-state index contributed by atoms with van der Waals surface area (Å²) in [4.78, 5) is 0.0299. The van der Waals surface area contributed by atoms with Crippen molar-refractivity contribution in [1.82, 2.24) is 10.2 Å². The number of nitrogens with one attached hydrogen (secondary N) is 2. The molecule has 2 aromatic carbocycles. The Balaban J connectivity index is 2.08. The Bertz CT molecular complexity index is 924. The normalized spacial score (nSPS) is 11.7. The maximum Gasteiger partial charge on any atom is 0.263 e. The van der Waals surface area contributed by atoms with E-state index < -0.39 is 10.0 Å². The minimum absolute atomic E-state index is 0.0299. The third-order valence-corrected chi connectivity index (χ3v) is 5.39. The van der Waals surface area contributed by atoms with Crippen molar-refractivity contribution in [3.8, 4) is 0 Å². The van der Waals surface area contributed by atoms with E-state index in [2.05, 4.69) is 30.8 Å². The quantitative estimate of drug-likeness (QED) is 0.719. The molecule has 1 aromatic heterocycles. The summed E-state index contributed by atoms with van der Waals surface area (Å²) in [5.74, 6) is 0. The number of hydrogen-bond acceptors (Lipinski definition) is 3. The van der Waals surface area contributed by atoms with Gasteiger partial charge in [0.05, 0.1) is 16.2 Å². The summed E-state index contributed by atoms with van der Waals surface area (Å²) >= 11 is 9.25. The van der Waals surface area contributed by atoms with Crippen LogP contribution in [0.5, 0.6) is 0 Å². The number of rotatable bonds is 3. The van der Waals surface area contributed by atoms with Crippen LogP contribution in [-0.2, 0) is 10.0 Å². The van der Waals surface area contributed by atoms with Crippen molar-refractivity contribution < 1.29 is 8.42 Å². The first-order valence-electron chi connectivity index (χ1n) is 5.89. The molecule has 8 heteroatoms. The zero-order valence-corrected chi connectivity index (χ0v) is 13.6. The van der Waals surface area contributed by atoms with Gasteiger partial charge in [0.1, 0.15) is 9.50 Å². The van der Waals surface area contributed by atoms with Gasteiger partial charge in [0.2, 0.25) is 0 Å². The molecule has 0 aliphatic carbocycles. The summed E-state index contributed by atoms with van der Waals surface area (Å²) in [6.07, 6.45) is 0. The van der Waals surface area contributed by atoms with E-state index in [1.54, 1.807) is 24.3 Å². The van der Waals surface area contributed by atoms with Gasteiger partial charge in [-0.25, -0.2) is 8.42 Å². The van der Waals surface area contributed by atoms with Crippen LogP contribution in [0.15, 0.2) is 52.0 Å². The van der Waals surface area contributed by atoms with Crippen molar-refractivity contribution in [2.75, 3.05) is 4.72 Å². The Morgan fingerprint density at radius 1 is 1.14 bits per heavy atom. The molecule has 108 valence electrons. The van der Waals surface area contributed by atoms with Crippen molar-refractivity contribution in [2.24, 2.45) is 0 Å². The second kappa shape index (κ2) is 5.32. The Kier molecular flexibility index (Phi) is 3.64. The lowest BCUT2D eigenvalue weighted by Gasteiger charge is -2.10. The molecule has 21 heavy (non-hydrogen) atoms. The minimum atomic E-state index is -3.77. The Labute approximate surface area is 134 Å². The zero-order valence-electron chi connectivity index (χ0n) is 10.5. The topological polar surface area (TPSA) is 74.8 Å². The molecule has 0 radical (unpaired) electrons. The van der Waals surface area contributed by atoms with Gasteiger partial charge in [-0.15, -0.1) is 0 Å². The molecule has 0 bridgehead atoms. The molecule has 0 amide bonds. The summed E-state index contributed by atoms with van der Waals surface area (Å²) in [6.45, 7) is 0. The second-order valence-corrected chi connectivity index (χ2v) is 7.09. The Morgan fingerprint density at radius 2 is 1.90 bits per heavy atom. The van der Waals surface area contributed by atoms with Gasteiger partial charge in [0.15, 0.2) is 0 Å². The van der Waals surface area contributed by atoms with Crippen LogP contribution in [0.2, 0.25) is 5.02 Å². The lowest BCUT2D eigenvalue weighted by molar-refractivity contribution is 0.601. The van der Waals surface area contributed by atoms with Crippen LogP contribution in [-0.4, -0.2) is 18.6 Å². The van der Waals surface area contributed by atoms with E-state index in [-0.39, 0.29) is 9.92 Å². The standard InChI is InChI=1S/C13H9BrClN3O2S/c14-13-8-4-3-6-10(12(8)16-17-13)18-21(19,20)11-7-2-1-5-9(11)15/h1-7,18H,(H,16,17). The van der Waals surface area contributed by atoms with Crippen LogP contribution in [0.4, 0.5) is 5.69 Å².